The first-order valence-electron chi connectivity index (χ1n) is 3.94. The number of fused-ring (bicyclic) bond motifs is 1. The standard InChI is InChI=1S/C10H7FN2/c11-10-7(3-5-12)1-2-9-8(10)4-6-13-9/h1-2,4,6,13H,3H2. The molecular weight excluding hydrogens is 167 g/mol. The lowest BCUT2D eigenvalue weighted by Gasteiger charge is -1.98. The molecule has 0 amide bonds. The topological polar surface area (TPSA) is 39.6 Å². The lowest BCUT2D eigenvalue weighted by Crippen LogP contribution is -1.88. The Labute approximate surface area is 74.6 Å². The van der Waals surface area contributed by atoms with Gasteiger partial charge in [-0.15, -0.1) is 0 Å². The van der Waals surface area contributed by atoms with Gasteiger partial charge in [-0.25, -0.2) is 4.39 Å². The monoisotopic (exact) mass is 174 g/mol. The molecule has 64 valence electrons. The number of aromatic amines is 1. The van der Waals surface area contributed by atoms with Crippen molar-refractivity contribution in [1.29, 1.82) is 5.26 Å². The van der Waals surface area contributed by atoms with Crippen molar-refractivity contribution >= 4 is 10.9 Å². The highest BCUT2D eigenvalue weighted by atomic mass is 19.1. The van der Waals surface area contributed by atoms with Crippen molar-refractivity contribution in [3.05, 3.63) is 35.8 Å². The van der Waals surface area contributed by atoms with E-state index in [1.807, 2.05) is 6.07 Å². The molecule has 2 nitrogen and oxygen atoms in total. The van der Waals surface area contributed by atoms with E-state index < -0.39 is 0 Å². The van der Waals surface area contributed by atoms with Crippen LogP contribution in [0.4, 0.5) is 4.39 Å². The second-order valence-corrected chi connectivity index (χ2v) is 2.81. The van der Waals surface area contributed by atoms with E-state index in [9.17, 15) is 4.39 Å². The Bertz CT molecular complexity index is 479. The highest BCUT2D eigenvalue weighted by Gasteiger charge is 2.06. The quantitative estimate of drug-likeness (QED) is 0.708. The number of halogens is 1. The number of hydrogen-bond donors (Lipinski definition) is 1. The second-order valence-electron chi connectivity index (χ2n) is 2.81. The molecule has 0 atom stereocenters. The fraction of sp³-hybridized carbons (Fsp3) is 0.100. The minimum absolute atomic E-state index is 0.118. The van der Waals surface area contributed by atoms with Gasteiger partial charge in [-0.05, 0) is 12.1 Å². The third-order valence-corrected chi connectivity index (χ3v) is 2.02. The van der Waals surface area contributed by atoms with Gasteiger partial charge in [-0.2, -0.15) is 5.26 Å². The maximum atomic E-state index is 13.5. The Kier molecular flexibility index (Phi) is 1.75. The van der Waals surface area contributed by atoms with Crippen LogP contribution in [0.3, 0.4) is 0 Å². The summed E-state index contributed by atoms with van der Waals surface area (Å²) < 4.78 is 13.5. The molecule has 3 heteroatoms. The average molecular weight is 174 g/mol. The summed E-state index contributed by atoms with van der Waals surface area (Å²) in [5, 5.41) is 8.99. The van der Waals surface area contributed by atoms with Gasteiger partial charge in [0.25, 0.3) is 0 Å². The van der Waals surface area contributed by atoms with Crippen molar-refractivity contribution in [2.24, 2.45) is 0 Å². The number of nitrogens with one attached hydrogen (secondary N) is 1. The minimum Gasteiger partial charge on any atom is -0.361 e. The van der Waals surface area contributed by atoms with Gasteiger partial charge in [0.2, 0.25) is 0 Å². The lowest BCUT2D eigenvalue weighted by molar-refractivity contribution is 0.627. The number of benzene rings is 1. The molecule has 0 spiro atoms. The van der Waals surface area contributed by atoms with Crippen LogP contribution in [0, 0.1) is 17.1 Å². The zero-order valence-corrected chi connectivity index (χ0v) is 6.84. The molecular formula is C10H7FN2. The molecule has 0 saturated carbocycles. The summed E-state index contributed by atoms with van der Waals surface area (Å²) in [4.78, 5) is 2.91. The zero-order valence-electron chi connectivity index (χ0n) is 6.84. The summed E-state index contributed by atoms with van der Waals surface area (Å²) in [5.41, 5.74) is 1.22. The van der Waals surface area contributed by atoms with Crippen LogP contribution >= 0.6 is 0 Å². The van der Waals surface area contributed by atoms with Gasteiger partial charge in [0, 0.05) is 22.7 Å². The van der Waals surface area contributed by atoms with Crippen molar-refractivity contribution in [2.45, 2.75) is 6.42 Å². The van der Waals surface area contributed by atoms with Gasteiger partial charge in [0.05, 0.1) is 12.5 Å². The molecule has 1 aromatic heterocycles. The highest BCUT2D eigenvalue weighted by Crippen LogP contribution is 2.19. The van der Waals surface area contributed by atoms with Gasteiger partial charge in [0.1, 0.15) is 5.82 Å². The Morgan fingerprint density at radius 3 is 3.00 bits per heavy atom. The molecule has 0 bridgehead atoms. The Morgan fingerprint density at radius 2 is 2.23 bits per heavy atom. The van der Waals surface area contributed by atoms with Crippen LogP contribution in [0.25, 0.3) is 10.9 Å². The first kappa shape index (κ1) is 7.81. The van der Waals surface area contributed by atoms with Crippen LogP contribution in [-0.2, 0) is 6.42 Å². The van der Waals surface area contributed by atoms with Crippen molar-refractivity contribution in [3.63, 3.8) is 0 Å². The van der Waals surface area contributed by atoms with Crippen molar-refractivity contribution < 1.29 is 4.39 Å². The molecule has 13 heavy (non-hydrogen) atoms. The molecule has 0 aliphatic carbocycles. The molecule has 0 unspecified atom stereocenters. The van der Waals surface area contributed by atoms with Crippen LogP contribution in [0.5, 0.6) is 0 Å². The number of hydrogen-bond acceptors (Lipinski definition) is 1. The molecule has 1 N–H and O–H groups in total. The van der Waals surface area contributed by atoms with E-state index in [0.29, 0.717) is 10.9 Å². The average Bonchev–Trinajstić information content (AvgIpc) is 2.58. The number of H-pyrrole nitrogens is 1. The van der Waals surface area contributed by atoms with Gasteiger partial charge in [-0.1, -0.05) is 6.07 Å². The van der Waals surface area contributed by atoms with Crippen molar-refractivity contribution in [3.8, 4) is 6.07 Å². The van der Waals surface area contributed by atoms with E-state index in [4.69, 9.17) is 5.26 Å². The summed E-state index contributed by atoms with van der Waals surface area (Å²) in [7, 11) is 0. The van der Waals surface area contributed by atoms with E-state index in [1.165, 1.54) is 0 Å². The van der Waals surface area contributed by atoms with E-state index in [0.717, 1.165) is 5.52 Å². The van der Waals surface area contributed by atoms with Crippen LogP contribution < -0.4 is 0 Å². The van der Waals surface area contributed by atoms with Crippen LogP contribution in [-0.4, -0.2) is 4.98 Å². The first-order valence-corrected chi connectivity index (χ1v) is 3.94. The SMILES string of the molecule is N#CCc1ccc2[nH]ccc2c1F. The van der Waals surface area contributed by atoms with E-state index in [-0.39, 0.29) is 12.2 Å². The van der Waals surface area contributed by atoms with E-state index in [1.54, 1.807) is 24.4 Å². The fourth-order valence-electron chi connectivity index (χ4n) is 1.36. The summed E-state index contributed by atoms with van der Waals surface area (Å²) >= 11 is 0. The smallest absolute Gasteiger partial charge is 0.136 e. The summed E-state index contributed by atoms with van der Waals surface area (Å²) in [6, 6.07) is 7.02. The largest absolute Gasteiger partial charge is 0.361 e. The van der Waals surface area contributed by atoms with Gasteiger partial charge in [-0.3, -0.25) is 0 Å². The van der Waals surface area contributed by atoms with Gasteiger partial charge in [0.15, 0.2) is 0 Å². The predicted molar refractivity (Wildman–Crippen MR) is 47.6 cm³/mol. The van der Waals surface area contributed by atoms with Gasteiger partial charge < -0.3 is 4.98 Å². The Morgan fingerprint density at radius 1 is 1.38 bits per heavy atom. The number of nitrogens with zero attached hydrogens (tertiary/aromatic N) is 1. The van der Waals surface area contributed by atoms with Crippen LogP contribution in [0.2, 0.25) is 0 Å². The van der Waals surface area contributed by atoms with E-state index >= 15 is 0 Å². The molecule has 0 saturated heterocycles. The lowest BCUT2D eigenvalue weighted by atomic mass is 10.1. The number of rotatable bonds is 1. The predicted octanol–water partition coefficient (Wildman–Crippen LogP) is 2.37. The molecule has 0 fully saturated rings. The number of aromatic nitrogens is 1. The summed E-state index contributed by atoms with van der Waals surface area (Å²) in [6.07, 6.45) is 1.80. The molecule has 1 aromatic carbocycles. The highest BCUT2D eigenvalue weighted by molar-refractivity contribution is 5.80. The summed E-state index contributed by atoms with van der Waals surface area (Å²) in [6.45, 7) is 0. The number of nitriles is 1. The maximum absolute atomic E-state index is 13.5. The van der Waals surface area contributed by atoms with Crippen LogP contribution in [0.15, 0.2) is 24.4 Å². The molecule has 2 rings (SSSR count). The second kappa shape index (κ2) is 2.91. The molecule has 0 aliphatic rings. The Hall–Kier alpha value is -1.82. The first-order chi connectivity index (χ1) is 6.33. The van der Waals surface area contributed by atoms with E-state index in [2.05, 4.69) is 4.98 Å². The molecule has 0 aliphatic heterocycles. The zero-order chi connectivity index (χ0) is 9.26. The third-order valence-electron chi connectivity index (χ3n) is 2.02. The molecule has 1 heterocycles. The maximum Gasteiger partial charge on any atom is 0.136 e. The van der Waals surface area contributed by atoms with Gasteiger partial charge >= 0.3 is 0 Å². The normalized spacial score (nSPS) is 10.2. The fourth-order valence-corrected chi connectivity index (χ4v) is 1.36. The molecule has 0 radical (unpaired) electrons. The molecule has 2 aromatic rings. The third kappa shape index (κ3) is 1.17. The minimum atomic E-state index is -0.291. The van der Waals surface area contributed by atoms with Crippen molar-refractivity contribution in [1.82, 2.24) is 4.98 Å². The van der Waals surface area contributed by atoms with Crippen LogP contribution in [0.1, 0.15) is 5.56 Å². The Balaban J connectivity index is 2.67. The summed E-state index contributed by atoms with van der Waals surface area (Å²) in [5.74, 6) is -0.291. The van der Waals surface area contributed by atoms with Crippen molar-refractivity contribution in [2.75, 3.05) is 0 Å².